The number of amides is 2. The summed E-state index contributed by atoms with van der Waals surface area (Å²) in [5.74, 6) is -0.557. The lowest BCUT2D eigenvalue weighted by Crippen LogP contribution is -2.31. The number of anilines is 1. The normalized spacial score (nSPS) is 10.5. The highest BCUT2D eigenvalue weighted by atomic mass is 16.2. The molecule has 0 unspecified atom stereocenters. The first-order valence-corrected chi connectivity index (χ1v) is 7.42. The van der Waals surface area contributed by atoms with Gasteiger partial charge in [0.25, 0.3) is 0 Å². The van der Waals surface area contributed by atoms with Gasteiger partial charge in [-0.3, -0.25) is 9.59 Å². The van der Waals surface area contributed by atoms with Crippen molar-refractivity contribution in [1.29, 1.82) is 0 Å². The summed E-state index contributed by atoms with van der Waals surface area (Å²) < 4.78 is 0. The molecule has 0 saturated carbocycles. The Hall–Kier alpha value is -2.88. The van der Waals surface area contributed by atoms with Gasteiger partial charge in [0, 0.05) is 11.8 Å². The lowest BCUT2D eigenvalue weighted by Gasteiger charge is -2.08. The fourth-order valence-electron chi connectivity index (χ4n) is 1.99. The first kappa shape index (κ1) is 16.5. The van der Waals surface area contributed by atoms with Crippen LogP contribution in [0.5, 0.6) is 0 Å². The van der Waals surface area contributed by atoms with Gasteiger partial charge in [0.15, 0.2) is 0 Å². The van der Waals surface area contributed by atoms with E-state index in [4.69, 9.17) is 0 Å². The molecule has 0 heterocycles. The van der Waals surface area contributed by atoms with Crippen LogP contribution < -0.4 is 10.6 Å². The Bertz CT molecular complexity index is 721. The van der Waals surface area contributed by atoms with E-state index in [0.717, 1.165) is 16.8 Å². The molecule has 118 valence electrons. The number of benzene rings is 2. The van der Waals surface area contributed by atoms with Gasteiger partial charge in [-0.2, -0.15) is 0 Å². The molecule has 2 aromatic carbocycles. The number of hydrogen-bond donors (Lipinski definition) is 2. The second kappa shape index (κ2) is 7.94. The zero-order chi connectivity index (χ0) is 16.7. The minimum absolute atomic E-state index is 0.0646. The Morgan fingerprint density at radius 3 is 2.43 bits per heavy atom. The fraction of sp³-hybridized carbons (Fsp3) is 0.158. The number of carbonyl (C=O) groups excluding carboxylic acids is 2. The Morgan fingerprint density at radius 1 is 1.00 bits per heavy atom. The Kier molecular flexibility index (Phi) is 5.69. The van der Waals surface area contributed by atoms with Crippen molar-refractivity contribution in [2.45, 2.75) is 13.8 Å². The maximum absolute atomic E-state index is 11.8. The predicted octanol–water partition coefficient (Wildman–Crippen LogP) is 3.07. The molecule has 0 aromatic heterocycles. The first-order chi connectivity index (χ1) is 11.0. The van der Waals surface area contributed by atoms with Crippen LogP contribution in [-0.4, -0.2) is 18.4 Å². The molecule has 0 atom stereocenters. The molecule has 4 heteroatoms. The molecule has 0 spiro atoms. The molecule has 4 nitrogen and oxygen atoms in total. The maximum atomic E-state index is 11.8. The van der Waals surface area contributed by atoms with Gasteiger partial charge in [0.05, 0.1) is 6.54 Å². The molecule has 23 heavy (non-hydrogen) atoms. The van der Waals surface area contributed by atoms with Crippen LogP contribution in [0, 0.1) is 13.8 Å². The van der Waals surface area contributed by atoms with E-state index in [9.17, 15) is 9.59 Å². The molecule has 0 fully saturated rings. The van der Waals surface area contributed by atoms with Crippen LogP contribution in [0.3, 0.4) is 0 Å². The third kappa shape index (κ3) is 5.43. The third-order valence-electron chi connectivity index (χ3n) is 3.44. The zero-order valence-electron chi connectivity index (χ0n) is 13.3. The molecule has 2 rings (SSSR count). The smallest absolute Gasteiger partial charge is 0.244 e. The molecule has 0 aliphatic rings. The molecular formula is C19H20N2O2. The molecular weight excluding hydrogens is 288 g/mol. The average Bonchev–Trinajstić information content (AvgIpc) is 2.55. The molecule has 0 radical (unpaired) electrons. The van der Waals surface area contributed by atoms with E-state index in [1.807, 2.05) is 62.4 Å². The number of carbonyl (C=O) groups is 2. The number of hydrogen-bond acceptors (Lipinski definition) is 2. The second-order valence-corrected chi connectivity index (χ2v) is 5.31. The fourth-order valence-corrected chi connectivity index (χ4v) is 1.99. The Balaban J connectivity index is 1.80. The van der Waals surface area contributed by atoms with E-state index < -0.39 is 0 Å². The van der Waals surface area contributed by atoms with Gasteiger partial charge in [0.1, 0.15) is 0 Å². The Morgan fingerprint density at radius 2 is 1.74 bits per heavy atom. The standard InChI is InChI=1S/C19H20N2O2/c1-14-8-10-17(12-15(14)2)21-19(23)13-20-18(22)11-9-16-6-4-3-5-7-16/h3-12H,13H2,1-2H3,(H,20,22)(H,21,23)/b11-9+. The van der Waals surface area contributed by atoms with Gasteiger partial charge in [-0.25, -0.2) is 0 Å². The van der Waals surface area contributed by atoms with Crippen LogP contribution in [0.15, 0.2) is 54.6 Å². The lowest BCUT2D eigenvalue weighted by molar-refractivity contribution is -0.121. The molecule has 2 amide bonds. The minimum atomic E-state index is -0.302. The van der Waals surface area contributed by atoms with E-state index >= 15 is 0 Å². The van der Waals surface area contributed by atoms with Crippen molar-refractivity contribution < 1.29 is 9.59 Å². The van der Waals surface area contributed by atoms with Gasteiger partial charge in [-0.1, -0.05) is 36.4 Å². The van der Waals surface area contributed by atoms with Gasteiger partial charge < -0.3 is 10.6 Å². The lowest BCUT2D eigenvalue weighted by atomic mass is 10.1. The van der Waals surface area contributed by atoms with E-state index in [2.05, 4.69) is 10.6 Å². The highest BCUT2D eigenvalue weighted by Gasteiger charge is 2.04. The largest absolute Gasteiger partial charge is 0.343 e. The van der Waals surface area contributed by atoms with Gasteiger partial charge in [-0.15, -0.1) is 0 Å². The average molecular weight is 308 g/mol. The van der Waals surface area contributed by atoms with Crippen LogP contribution in [0.1, 0.15) is 16.7 Å². The summed E-state index contributed by atoms with van der Waals surface area (Å²) in [7, 11) is 0. The topological polar surface area (TPSA) is 58.2 Å². The van der Waals surface area contributed by atoms with Crippen LogP contribution in [0.25, 0.3) is 6.08 Å². The number of aryl methyl sites for hydroxylation is 2. The molecule has 0 aliphatic heterocycles. The van der Waals surface area contributed by atoms with Crippen LogP contribution in [-0.2, 0) is 9.59 Å². The van der Waals surface area contributed by atoms with E-state index in [1.165, 1.54) is 11.6 Å². The Labute approximate surface area is 136 Å². The number of nitrogens with one attached hydrogen (secondary N) is 2. The van der Waals surface area contributed by atoms with Gasteiger partial charge in [0.2, 0.25) is 11.8 Å². The molecule has 0 aliphatic carbocycles. The summed E-state index contributed by atoms with van der Waals surface area (Å²) in [6.45, 7) is 3.94. The van der Waals surface area contributed by atoms with E-state index in [0.29, 0.717) is 0 Å². The quantitative estimate of drug-likeness (QED) is 0.834. The number of rotatable bonds is 5. The van der Waals surface area contributed by atoms with Crippen molar-refractivity contribution in [3.05, 3.63) is 71.3 Å². The monoisotopic (exact) mass is 308 g/mol. The summed E-state index contributed by atoms with van der Waals surface area (Å²) in [5.41, 5.74) is 3.94. The molecule has 0 saturated heterocycles. The van der Waals surface area contributed by atoms with E-state index in [-0.39, 0.29) is 18.4 Å². The van der Waals surface area contributed by atoms with Gasteiger partial charge in [-0.05, 0) is 48.7 Å². The molecule has 0 bridgehead atoms. The van der Waals surface area contributed by atoms with Crippen molar-refractivity contribution in [1.82, 2.24) is 5.32 Å². The summed E-state index contributed by atoms with van der Waals surface area (Å²) in [5, 5.41) is 5.32. The van der Waals surface area contributed by atoms with Crippen molar-refractivity contribution in [2.75, 3.05) is 11.9 Å². The molecule has 2 aromatic rings. The third-order valence-corrected chi connectivity index (χ3v) is 3.44. The first-order valence-electron chi connectivity index (χ1n) is 7.42. The van der Waals surface area contributed by atoms with Crippen LogP contribution in [0.2, 0.25) is 0 Å². The molecule has 2 N–H and O–H groups in total. The van der Waals surface area contributed by atoms with Crippen LogP contribution in [0.4, 0.5) is 5.69 Å². The predicted molar refractivity (Wildman–Crippen MR) is 93.0 cm³/mol. The summed E-state index contributed by atoms with van der Waals surface area (Å²) >= 11 is 0. The second-order valence-electron chi connectivity index (χ2n) is 5.31. The van der Waals surface area contributed by atoms with Crippen molar-refractivity contribution in [2.24, 2.45) is 0 Å². The maximum Gasteiger partial charge on any atom is 0.244 e. The van der Waals surface area contributed by atoms with Gasteiger partial charge >= 0.3 is 0 Å². The van der Waals surface area contributed by atoms with Crippen molar-refractivity contribution in [3.63, 3.8) is 0 Å². The minimum Gasteiger partial charge on any atom is -0.343 e. The zero-order valence-corrected chi connectivity index (χ0v) is 13.3. The van der Waals surface area contributed by atoms with Crippen molar-refractivity contribution >= 4 is 23.6 Å². The summed E-state index contributed by atoms with van der Waals surface area (Å²) in [4.78, 5) is 23.5. The summed E-state index contributed by atoms with van der Waals surface area (Å²) in [6.07, 6.45) is 3.12. The summed E-state index contributed by atoms with van der Waals surface area (Å²) in [6, 6.07) is 15.2. The highest BCUT2D eigenvalue weighted by Crippen LogP contribution is 2.13. The highest BCUT2D eigenvalue weighted by molar-refractivity contribution is 5.98. The van der Waals surface area contributed by atoms with E-state index in [1.54, 1.807) is 6.08 Å². The SMILES string of the molecule is Cc1ccc(NC(=O)CNC(=O)/C=C/c2ccccc2)cc1C. The van der Waals surface area contributed by atoms with Crippen molar-refractivity contribution in [3.8, 4) is 0 Å². The van der Waals surface area contributed by atoms with Crippen LogP contribution >= 0.6 is 0 Å².